The Balaban J connectivity index is 2.50. The molecule has 2 rings (SSSR count). The van der Waals surface area contributed by atoms with Crippen molar-refractivity contribution in [2.75, 3.05) is 0 Å². The molecule has 0 saturated heterocycles. The quantitative estimate of drug-likeness (QED) is 0.648. The van der Waals surface area contributed by atoms with Crippen molar-refractivity contribution in [3.05, 3.63) is 52.0 Å². The Morgan fingerprint density at radius 1 is 1.08 bits per heavy atom. The van der Waals surface area contributed by atoms with E-state index < -0.39 is 0 Å². The minimum atomic E-state index is 0.724. The van der Waals surface area contributed by atoms with E-state index >= 15 is 0 Å². The minimum Gasteiger partial charge on any atom is -0.0836 e. The lowest BCUT2D eigenvalue weighted by atomic mass is 10.1. The van der Waals surface area contributed by atoms with Gasteiger partial charge in [-0.05, 0) is 24.1 Å². The third-order valence-electron chi connectivity index (χ3n) is 2.06. The normalized spacial score (nSPS) is 14.8. The molecule has 0 aliphatic heterocycles. The van der Waals surface area contributed by atoms with Crippen LogP contribution in [0, 0.1) is 0 Å². The van der Waals surface area contributed by atoms with Crippen molar-refractivity contribution >= 4 is 28.8 Å². The number of benzene rings is 1. The Hall–Kier alpha value is -0.720. The average Bonchev–Trinajstić information content (AvgIpc) is 2.57. The Labute approximate surface area is 87.5 Å². The fourth-order valence-electron chi connectivity index (χ4n) is 1.44. The van der Waals surface area contributed by atoms with Gasteiger partial charge in [0.25, 0.3) is 0 Å². The van der Waals surface area contributed by atoms with E-state index in [2.05, 4.69) is 6.08 Å². The van der Waals surface area contributed by atoms with Crippen LogP contribution in [0.3, 0.4) is 0 Å². The molecule has 1 aliphatic carbocycles. The summed E-state index contributed by atoms with van der Waals surface area (Å²) >= 11 is 12.1. The van der Waals surface area contributed by atoms with Crippen molar-refractivity contribution in [2.24, 2.45) is 0 Å². The number of halogens is 2. The highest BCUT2D eigenvalue weighted by atomic mass is 35.5. The van der Waals surface area contributed by atoms with Gasteiger partial charge in [-0.1, -0.05) is 47.5 Å². The molecule has 0 amide bonds. The molecule has 0 radical (unpaired) electrons. The van der Waals surface area contributed by atoms with Gasteiger partial charge in [0.05, 0.1) is 0 Å². The van der Waals surface area contributed by atoms with Crippen LogP contribution in [0.25, 0.3) is 5.57 Å². The second-order valence-electron chi connectivity index (χ2n) is 2.92. The number of rotatable bonds is 1. The first-order valence-corrected chi connectivity index (χ1v) is 4.85. The van der Waals surface area contributed by atoms with Gasteiger partial charge < -0.3 is 0 Å². The molecule has 0 unspecified atom stereocenters. The fourth-order valence-corrected chi connectivity index (χ4v) is 2.08. The predicted molar refractivity (Wildman–Crippen MR) is 58.2 cm³/mol. The summed E-state index contributed by atoms with van der Waals surface area (Å²) < 4.78 is 0. The summed E-state index contributed by atoms with van der Waals surface area (Å²) in [5, 5.41) is 1.45. The first kappa shape index (κ1) is 8.86. The summed E-state index contributed by atoms with van der Waals surface area (Å²) in [6.45, 7) is 0. The highest BCUT2D eigenvalue weighted by Crippen LogP contribution is 2.34. The van der Waals surface area contributed by atoms with Gasteiger partial charge in [-0.25, -0.2) is 0 Å². The molecule has 0 bridgehead atoms. The lowest BCUT2D eigenvalue weighted by Gasteiger charge is -2.06. The van der Waals surface area contributed by atoms with Crippen LogP contribution in [-0.2, 0) is 0 Å². The van der Waals surface area contributed by atoms with Crippen molar-refractivity contribution in [1.82, 2.24) is 0 Å². The molecular weight excluding hydrogens is 203 g/mol. The Bertz CT molecular complexity index is 369. The molecule has 1 aromatic carbocycles. The van der Waals surface area contributed by atoms with Gasteiger partial charge in [0.1, 0.15) is 0 Å². The predicted octanol–water partition coefficient (Wildman–Crippen LogP) is 4.34. The Kier molecular flexibility index (Phi) is 2.43. The molecule has 66 valence electrons. The van der Waals surface area contributed by atoms with E-state index in [1.165, 1.54) is 5.57 Å². The summed E-state index contributed by atoms with van der Waals surface area (Å²) in [6, 6.07) is 5.58. The summed E-state index contributed by atoms with van der Waals surface area (Å²) in [5.74, 6) is 0. The molecular formula is C11H8Cl2. The van der Waals surface area contributed by atoms with Crippen LogP contribution < -0.4 is 0 Å². The second kappa shape index (κ2) is 3.57. The number of allylic oxidation sites excluding steroid dienone is 4. The van der Waals surface area contributed by atoms with Gasteiger partial charge in [-0.3, -0.25) is 0 Å². The molecule has 0 atom stereocenters. The van der Waals surface area contributed by atoms with Crippen LogP contribution >= 0.6 is 23.2 Å². The van der Waals surface area contributed by atoms with Crippen LogP contribution in [0.5, 0.6) is 0 Å². The zero-order valence-electron chi connectivity index (χ0n) is 6.93. The molecule has 1 aromatic rings. The number of hydrogen-bond acceptors (Lipinski definition) is 0. The largest absolute Gasteiger partial charge is 0.0836 e. The Morgan fingerprint density at radius 2 is 1.77 bits per heavy atom. The molecule has 0 aromatic heterocycles. The monoisotopic (exact) mass is 210 g/mol. The molecule has 0 spiro atoms. The van der Waals surface area contributed by atoms with Gasteiger partial charge in [0.2, 0.25) is 0 Å². The molecule has 0 saturated carbocycles. The summed E-state index contributed by atoms with van der Waals surface area (Å²) in [5.41, 5.74) is 2.16. The molecule has 0 N–H and O–H groups in total. The third kappa shape index (κ3) is 1.65. The van der Waals surface area contributed by atoms with E-state index in [-0.39, 0.29) is 0 Å². The summed E-state index contributed by atoms with van der Waals surface area (Å²) in [7, 11) is 0. The minimum absolute atomic E-state index is 0.724. The van der Waals surface area contributed by atoms with Crippen LogP contribution in [-0.4, -0.2) is 0 Å². The van der Waals surface area contributed by atoms with E-state index in [9.17, 15) is 0 Å². The van der Waals surface area contributed by atoms with E-state index in [4.69, 9.17) is 23.2 Å². The van der Waals surface area contributed by atoms with Gasteiger partial charge in [-0.2, -0.15) is 0 Å². The average molecular weight is 211 g/mol. The lowest BCUT2D eigenvalue weighted by molar-refractivity contribution is 1.43. The Morgan fingerprint density at radius 3 is 2.31 bits per heavy atom. The third-order valence-corrected chi connectivity index (χ3v) is 2.69. The summed E-state index contributed by atoms with van der Waals surface area (Å²) in [6.07, 6.45) is 7.08. The zero-order valence-corrected chi connectivity index (χ0v) is 8.44. The SMILES string of the molecule is Clc1cccc(Cl)c1C1=CC=CC1. The molecule has 0 fully saturated rings. The van der Waals surface area contributed by atoms with E-state index in [0.717, 1.165) is 22.0 Å². The molecule has 0 nitrogen and oxygen atoms in total. The van der Waals surface area contributed by atoms with E-state index in [0.29, 0.717) is 0 Å². The first-order chi connectivity index (χ1) is 6.29. The van der Waals surface area contributed by atoms with Crippen LogP contribution in [0.15, 0.2) is 36.4 Å². The first-order valence-electron chi connectivity index (χ1n) is 4.09. The maximum atomic E-state index is 6.06. The topological polar surface area (TPSA) is 0 Å². The highest BCUT2D eigenvalue weighted by Gasteiger charge is 2.10. The molecule has 2 heteroatoms. The standard InChI is InChI=1S/C11H8Cl2/c12-9-6-3-7-10(13)11(9)8-4-1-2-5-8/h1-4,6-7H,5H2. The molecule has 13 heavy (non-hydrogen) atoms. The van der Waals surface area contributed by atoms with Crippen LogP contribution in [0.4, 0.5) is 0 Å². The second-order valence-corrected chi connectivity index (χ2v) is 3.74. The van der Waals surface area contributed by atoms with Crippen molar-refractivity contribution in [2.45, 2.75) is 6.42 Å². The maximum Gasteiger partial charge on any atom is 0.0496 e. The van der Waals surface area contributed by atoms with Crippen LogP contribution in [0.2, 0.25) is 10.0 Å². The van der Waals surface area contributed by atoms with Gasteiger partial charge >= 0.3 is 0 Å². The zero-order chi connectivity index (χ0) is 9.26. The fraction of sp³-hybridized carbons (Fsp3) is 0.0909. The van der Waals surface area contributed by atoms with Crippen LogP contribution in [0.1, 0.15) is 12.0 Å². The van der Waals surface area contributed by atoms with E-state index in [1.54, 1.807) is 0 Å². The molecule has 0 heterocycles. The lowest BCUT2D eigenvalue weighted by Crippen LogP contribution is -1.84. The number of hydrogen-bond donors (Lipinski definition) is 0. The van der Waals surface area contributed by atoms with Crippen molar-refractivity contribution in [3.8, 4) is 0 Å². The highest BCUT2D eigenvalue weighted by molar-refractivity contribution is 6.37. The van der Waals surface area contributed by atoms with Gasteiger partial charge in [0.15, 0.2) is 0 Å². The smallest absolute Gasteiger partial charge is 0.0496 e. The van der Waals surface area contributed by atoms with Crippen molar-refractivity contribution in [1.29, 1.82) is 0 Å². The van der Waals surface area contributed by atoms with E-state index in [1.807, 2.05) is 30.4 Å². The van der Waals surface area contributed by atoms with Gasteiger partial charge in [0, 0.05) is 15.6 Å². The molecule has 1 aliphatic rings. The van der Waals surface area contributed by atoms with Crippen molar-refractivity contribution in [3.63, 3.8) is 0 Å². The van der Waals surface area contributed by atoms with Gasteiger partial charge in [-0.15, -0.1) is 0 Å². The van der Waals surface area contributed by atoms with Crippen molar-refractivity contribution < 1.29 is 0 Å². The maximum absolute atomic E-state index is 6.06. The summed E-state index contributed by atoms with van der Waals surface area (Å²) in [4.78, 5) is 0.